The van der Waals surface area contributed by atoms with E-state index in [9.17, 15) is 9.59 Å². The minimum absolute atomic E-state index is 0.149. The molecule has 6 heteroatoms. The molecule has 3 rings (SSSR count). The molecule has 1 N–H and O–H groups in total. The second-order valence-electron chi connectivity index (χ2n) is 5.44. The van der Waals surface area contributed by atoms with Crippen molar-refractivity contribution in [2.45, 2.75) is 25.9 Å². The zero-order chi connectivity index (χ0) is 16.4. The maximum atomic E-state index is 12.6. The monoisotopic (exact) mass is 329 g/mol. The van der Waals surface area contributed by atoms with E-state index in [1.807, 2.05) is 12.1 Å². The molecule has 1 unspecified atom stereocenters. The van der Waals surface area contributed by atoms with E-state index in [2.05, 4.69) is 10.3 Å². The van der Waals surface area contributed by atoms with E-state index in [1.54, 1.807) is 37.5 Å². The Morgan fingerprint density at radius 3 is 2.74 bits per heavy atom. The zero-order valence-corrected chi connectivity index (χ0v) is 13.4. The predicted octanol–water partition coefficient (Wildman–Crippen LogP) is 2.47. The number of anilines is 1. The summed E-state index contributed by atoms with van der Waals surface area (Å²) in [6.45, 7) is 2.31. The molecule has 0 saturated carbocycles. The SMILES string of the molecule is Cc1c(Cl)cccc1N1C(=O)CC(NCc2ccncc2)C1=O. The third kappa shape index (κ3) is 3.11. The van der Waals surface area contributed by atoms with Crippen LogP contribution in [0.3, 0.4) is 0 Å². The number of hydrogen-bond donors (Lipinski definition) is 1. The van der Waals surface area contributed by atoms with Gasteiger partial charge in [-0.25, -0.2) is 4.90 Å². The molecule has 2 heterocycles. The normalized spacial score (nSPS) is 17.8. The summed E-state index contributed by atoms with van der Waals surface area (Å²) in [5, 5.41) is 3.68. The second kappa shape index (κ2) is 6.48. The summed E-state index contributed by atoms with van der Waals surface area (Å²) in [4.78, 5) is 30.1. The summed E-state index contributed by atoms with van der Waals surface area (Å²) in [5.41, 5.74) is 2.30. The zero-order valence-electron chi connectivity index (χ0n) is 12.6. The van der Waals surface area contributed by atoms with Crippen molar-refractivity contribution in [3.8, 4) is 0 Å². The molecule has 0 aliphatic carbocycles. The summed E-state index contributed by atoms with van der Waals surface area (Å²) in [7, 11) is 0. The van der Waals surface area contributed by atoms with Crippen molar-refractivity contribution < 1.29 is 9.59 Å². The van der Waals surface area contributed by atoms with Crippen LogP contribution in [-0.2, 0) is 16.1 Å². The first-order chi connectivity index (χ1) is 11.1. The molecule has 0 spiro atoms. The van der Waals surface area contributed by atoms with Crippen LogP contribution in [0, 0.1) is 6.92 Å². The number of nitrogens with zero attached hydrogens (tertiary/aromatic N) is 2. The Bertz CT molecular complexity index is 749. The van der Waals surface area contributed by atoms with Gasteiger partial charge >= 0.3 is 0 Å². The maximum Gasteiger partial charge on any atom is 0.251 e. The first-order valence-electron chi connectivity index (χ1n) is 7.32. The highest BCUT2D eigenvalue weighted by atomic mass is 35.5. The standard InChI is InChI=1S/C17H16ClN3O2/c1-11-13(18)3-2-4-15(11)21-16(22)9-14(17(21)23)20-10-12-5-7-19-8-6-12/h2-8,14,20H,9-10H2,1H3. The third-order valence-electron chi connectivity index (χ3n) is 3.93. The topological polar surface area (TPSA) is 62.3 Å². The Balaban J connectivity index is 1.76. The van der Waals surface area contributed by atoms with Gasteiger partial charge in [0, 0.05) is 24.0 Å². The Hall–Kier alpha value is -2.24. The van der Waals surface area contributed by atoms with Crippen LogP contribution in [-0.4, -0.2) is 22.8 Å². The molecule has 2 aromatic rings. The molecule has 1 aromatic heterocycles. The first kappa shape index (κ1) is 15.6. The quantitative estimate of drug-likeness (QED) is 0.875. The molecule has 1 atom stereocenters. The van der Waals surface area contributed by atoms with Crippen molar-refractivity contribution in [3.63, 3.8) is 0 Å². The van der Waals surface area contributed by atoms with Gasteiger partial charge in [-0.1, -0.05) is 17.7 Å². The van der Waals surface area contributed by atoms with E-state index < -0.39 is 6.04 Å². The molecular formula is C17H16ClN3O2. The highest BCUT2D eigenvalue weighted by Crippen LogP contribution is 2.30. The van der Waals surface area contributed by atoms with Crippen LogP contribution in [0.4, 0.5) is 5.69 Å². The number of rotatable bonds is 4. The van der Waals surface area contributed by atoms with Gasteiger partial charge in [0.1, 0.15) is 0 Å². The number of benzene rings is 1. The summed E-state index contributed by atoms with van der Waals surface area (Å²) in [5.74, 6) is -0.456. The predicted molar refractivity (Wildman–Crippen MR) is 88.2 cm³/mol. The second-order valence-corrected chi connectivity index (χ2v) is 5.85. The fourth-order valence-corrected chi connectivity index (χ4v) is 2.79. The Morgan fingerprint density at radius 2 is 2.00 bits per heavy atom. The molecule has 1 fully saturated rings. The van der Waals surface area contributed by atoms with Gasteiger partial charge < -0.3 is 5.32 Å². The Morgan fingerprint density at radius 1 is 1.26 bits per heavy atom. The van der Waals surface area contributed by atoms with Gasteiger partial charge in [-0.3, -0.25) is 14.6 Å². The van der Waals surface area contributed by atoms with Crippen LogP contribution in [0.15, 0.2) is 42.7 Å². The lowest BCUT2D eigenvalue weighted by Gasteiger charge is -2.18. The first-order valence-corrected chi connectivity index (χ1v) is 7.70. The minimum Gasteiger partial charge on any atom is -0.301 e. The molecular weight excluding hydrogens is 314 g/mol. The average Bonchev–Trinajstić information content (AvgIpc) is 2.83. The summed E-state index contributed by atoms with van der Waals surface area (Å²) >= 11 is 6.09. The smallest absolute Gasteiger partial charge is 0.251 e. The summed E-state index contributed by atoms with van der Waals surface area (Å²) < 4.78 is 0. The van der Waals surface area contributed by atoms with Crippen LogP contribution >= 0.6 is 11.6 Å². The van der Waals surface area contributed by atoms with E-state index >= 15 is 0 Å². The molecule has 1 saturated heterocycles. The fourth-order valence-electron chi connectivity index (χ4n) is 2.62. The van der Waals surface area contributed by atoms with Gasteiger partial charge in [0.2, 0.25) is 5.91 Å². The maximum absolute atomic E-state index is 12.6. The van der Waals surface area contributed by atoms with Crippen LogP contribution in [0.5, 0.6) is 0 Å². The highest BCUT2D eigenvalue weighted by Gasteiger charge is 2.39. The van der Waals surface area contributed by atoms with E-state index in [-0.39, 0.29) is 18.2 Å². The van der Waals surface area contributed by atoms with Gasteiger partial charge in [-0.2, -0.15) is 0 Å². The summed E-state index contributed by atoms with van der Waals surface area (Å²) in [6, 6.07) is 8.44. The molecule has 0 radical (unpaired) electrons. The summed E-state index contributed by atoms with van der Waals surface area (Å²) in [6.07, 6.45) is 3.54. The molecule has 118 valence electrons. The Labute approximate surface area is 139 Å². The number of aromatic nitrogens is 1. The molecule has 1 aliphatic rings. The van der Waals surface area contributed by atoms with Crippen molar-refractivity contribution in [2.24, 2.45) is 0 Å². The highest BCUT2D eigenvalue weighted by molar-refractivity contribution is 6.32. The molecule has 5 nitrogen and oxygen atoms in total. The molecule has 2 amide bonds. The third-order valence-corrected chi connectivity index (χ3v) is 4.34. The van der Waals surface area contributed by atoms with Gasteiger partial charge in [-0.05, 0) is 42.3 Å². The van der Waals surface area contributed by atoms with Gasteiger partial charge in [0.05, 0.1) is 18.2 Å². The van der Waals surface area contributed by atoms with Crippen molar-refractivity contribution >= 4 is 29.1 Å². The largest absolute Gasteiger partial charge is 0.301 e. The van der Waals surface area contributed by atoms with Crippen LogP contribution in [0.1, 0.15) is 17.5 Å². The number of nitrogens with one attached hydrogen (secondary N) is 1. The number of carbonyl (C=O) groups excluding carboxylic acids is 2. The number of hydrogen-bond acceptors (Lipinski definition) is 4. The van der Waals surface area contributed by atoms with Gasteiger partial charge in [-0.15, -0.1) is 0 Å². The number of halogens is 1. The molecule has 0 bridgehead atoms. The van der Waals surface area contributed by atoms with E-state index in [0.29, 0.717) is 17.3 Å². The van der Waals surface area contributed by atoms with Crippen molar-refractivity contribution in [1.82, 2.24) is 10.3 Å². The number of pyridine rings is 1. The van der Waals surface area contributed by atoms with E-state index in [0.717, 1.165) is 11.1 Å². The van der Waals surface area contributed by atoms with Crippen molar-refractivity contribution in [3.05, 3.63) is 58.9 Å². The van der Waals surface area contributed by atoms with Gasteiger partial charge in [0.25, 0.3) is 5.91 Å². The lowest BCUT2D eigenvalue weighted by molar-refractivity contribution is -0.121. The minimum atomic E-state index is -0.519. The fraction of sp³-hybridized carbons (Fsp3) is 0.235. The number of carbonyl (C=O) groups is 2. The van der Waals surface area contributed by atoms with E-state index in [1.165, 1.54) is 4.90 Å². The van der Waals surface area contributed by atoms with Crippen LogP contribution < -0.4 is 10.2 Å². The molecule has 1 aromatic carbocycles. The van der Waals surface area contributed by atoms with E-state index in [4.69, 9.17) is 11.6 Å². The molecule has 1 aliphatic heterocycles. The van der Waals surface area contributed by atoms with Gasteiger partial charge in [0.15, 0.2) is 0 Å². The van der Waals surface area contributed by atoms with Crippen molar-refractivity contribution in [2.75, 3.05) is 4.90 Å². The lowest BCUT2D eigenvalue weighted by atomic mass is 10.2. The lowest BCUT2D eigenvalue weighted by Crippen LogP contribution is -2.38. The average molecular weight is 330 g/mol. The number of imide groups is 1. The van der Waals surface area contributed by atoms with Crippen LogP contribution in [0.2, 0.25) is 5.02 Å². The van der Waals surface area contributed by atoms with Crippen molar-refractivity contribution in [1.29, 1.82) is 0 Å². The Kier molecular flexibility index (Phi) is 4.41. The number of amides is 2. The van der Waals surface area contributed by atoms with Crippen LogP contribution in [0.25, 0.3) is 0 Å². The molecule has 23 heavy (non-hydrogen) atoms.